The van der Waals surface area contributed by atoms with E-state index in [1.807, 2.05) is 0 Å². The predicted molar refractivity (Wildman–Crippen MR) is 90.5 cm³/mol. The minimum Gasteiger partial charge on any atom is -0.355 e. The number of rotatable bonds is 10. The molecule has 0 saturated heterocycles. The zero-order chi connectivity index (χ0) is 16.6. The summed E-state index contributed by atoms with van der Waals surface area (Å²) in [6.45, 7) is 4.72. The van der Waals surface area contributed by atoms with Gasteiger partial charge in [0.2, 0.25) is 5.91 Å². The number of thiophene rings is 1. The number of hydrogen-bond acceptors (Lipinski definition) is 4. The molecule has 0 saturated carbocycles. The number of sulfonamides is 1. The van der Waals surface area contributed by atoms with Crippen molar-refractivity contribution in [1.29, 1.82) is 0 Å². The molecule has 1 unspecified atom stereocenters. The summed E-state index contributed by atoms with van der Waals surface area (Å²) < 4.78 is 25.8. The van der Waals surface area contributed by atoms with Crippen LogP contribution in [0.3, 0.4) is 0 Å². The van der Waals surface area contributed by atoms with Gasteiger partial charge in [-0.05, 0) is 23.8 Å². The highest BCUT2D eigenvalue weighted by Gasteiger charge is 2.23. The van der Waals surface area contributed by atoms with Crippen LogP contribution in [-0.2, 0) is 14.8 Å². The smallest absolute Gasteiger partial charge is 0.252 e. The lowest BCUT2D eigenvalue weighted by Crippen LogP contribution is -2.39. The summed E-state index contributed by atoms with van der Waals surface area (Å²) in [6, 6.07) is 3.23. The summed E-state index contributed by atoms with van der Waals surface area (Å²) >= 11 is 1.15. The SMILES string of the molecule is CCCCC(CC)CNC(=O)CN(C)S(=O)(=O)c1cccs1. The van der Waals surface area contributed by atoms with E-state index in [1.54, 1.807) is 17.5 Å². The molecule has 1 aromatic heterocycles. The molecule has 0 radical (unpaired) electrons. The summed E-state index contributed by atoms with van der Waals surface area (Å²) in [5.41, 5.74) is 0. The van der Waals surface area contributed by atoms with E-state index in [2.05, 4.69) is 19.2 Å². The number of likely N-dealkylation sites (N-methyl/N-ethyl adjacent to an activating group) is 1. The van der Waals surface area contributed by atoms with Crippen LogP contribution in [0.5, 0.6) is 0 Å². The third-order valence-corrected chi connectivity index (χ3v) is 6.83. The molecule has 5 nitrogen and oxygen atoms in total. The predicted octanol–water partition coefficient (Wildman–Crippen LogP) is 2.70. The van der Waals surface area contributed by atoms with Crippen LogP contribution < -0.4 is 5.32 Å². The number of carbonyl (C=O) groups excluding carboxylic acids is 1. The lowest BCUT2D eigenvalue weighted by atomic mass is 9.99. The molecule has 0 aliphatic carbocycles. The maximum absolute atomic E-state index is 12.2. The Morgan fingerprint density at radius 3 is 2.68 bits per heavy atom. The van der Waals surface area contributed by atoms with Crippen molar-refractivity contribution < 1.29 is 13.2 Å². The monoisotopic (exact) mass is 346 g/mol. The topological polar surface area (TPSA) is 66.5 Å². The van der Waals surface area contributed by atoms with E-state index in [1.165, 1.54) is 7.05 Å². The van der Waals surface area contributed by atoms with Crippen molar-refractivity contribution in [3.8, 4) is 0 Å². The van der Waals surface area contributed by atoms with E-state index in [0.29, 0.717) is 12.5 Å². The van der Waals surface area contributed by atoms with Gasteiger partial charge < -0.3 is 5.32 Å². The van der Waals surface area contributed by atoms with Gasteiger partial charge in [0.1, 0.15) is 4.21 Å². The Kier molecular flexibility index (Phi) is 8.06. The highest BCUT2D eigenvalue weighted by Crippen LogP contribution is 2.19. The van der Waals surface area contributed by atoms with Gasteiger partial charge in [-0.15, -0.1) is 11.3 Å². The molecule has 126 valence electrons. The fraction of sp³-hybridized carbons (Fsp3) is 0.667. The number of amides is 1. The van der Waals surface area contributed by atoms with E-state index in [4.69, 9.17) is 0 Å². The lowest BCUT2D eigenvalue weighted by molar-refractivity contribution is -0.121. The van der Waals surface area contributed by atoms with Crippen molar-refractivity contribution in [3.05, 3.63) is 17.5 Å². The first-order chi connectivity index (χ1) is 10.4. The number of carbonyl (C=O) groups is 1. The van der Waals surface area contributed by atoms with Gasteiger partial charge in [0.25, 0.3) is 10.0 Å². The van der Waals surface area contributed by atoms with Crippen LogP contribution in [0, 0.1) is 5.92 Å². The number of nitrogens with one attached hydrogen (secondary N) is 1. The fourth-order valence-corrected chi connectivity index (χ4v) is 4.44. The van der Waals surface area contributed by atoms with E-state index >= 15 is 0 Å². The number of hydrogen-bond donors (Lipinski definition) is 1. The molecule has 1 amide bonds. The maximum atomic E-state index is 12.2. The number of nitrogens with zero attached hydrogens (tertiary/aromatic N) is 1. The van der Waals surface area contributed by atoms with Crippen LogP contribution in [-0.4, -0.2) is 38.8 Å². The molecule has 1 N–H and O–H groups in total. The van der Waals surface area contributed by atoms with Crippen LogP contribution >= 0.6 is 11.3 Å². The van der Waals surface area contributed by atoms with Crippen molar-refractivity contribution in [2.45, 2.75) is 43.7 Å². The summed E-state index contributed by atoms with van der Waals surface area (Å²) in [4.78, 5) is 12.0. The molecule has 1 rings (SSSR count). The van der Waals surface area contributed by atoms with Crippen molar-refractivity contribution in [1.82, 2.24) is 9.62 Å². The highest BCUT2D eigenvalue weighted by molar-refractivity contribution is 7.91. The van der Waals surface area contributed by atoms with E-state index in [0.717, 1.165) is 41.3 Å². The minimum atomic E-state index is -3.56. The standard InChI is InChI=1S/C15H26N2O3S2/c1-4-6-8-13(5-2)11-16-14(18)12-17(3)22(19,20)15-9-7-10-21-15/h7,9-10,13H,4-6,8,11-12H2,1-3H3,(H,16,18). The van der Waals surface area contributed by atoms with Crippen LogP contribution in [0.1, 0.15) is 39.5 Å². The van der Waals surface area contributed by atoms with E-state index < -0.39 is 10.0 Å². The summed E-state index contributed by atoms with van der Waals surface area (Å²) in [5, 5.41) is 4.56. The molecule has 0 fully saturated rings. The molecular formula is C15H26N2O3S2. The molecule has 0 spiro atoms. The normalized spacial score (nSPS) is 13.3. The molecule has 0 aliphatic heterocycles. The molecule has 1 atom stereocenters. The largest absolute Gasteiger partial charge is 0.355 e. The van der Waals surface area contributed by atoms with Crippen molar-refractivity contribution >= 4 is 27.3 Å². The van der Waals surface area contributed by atoms with Crippen molar-refractivity contribution in [2.24, 2.45) is 5.92 Å². The van der Waals surface area contributed by atoms with E-state index in [9.17, 15) is 13.2 Å². The Labute approximate surface area is 137 Å². The first-order valence-corrected chi connectivity index (χ1v) is 10.00. The van der Waals surface area contributed by atoms with Crippen molar-refractivity contribution in [2.75, 3.05) is 20.1 Å². The third-order valence-electron chi connectivity index (χ3n) is 3.66. The maximum Gasteiger partial charge on any atom is 0.252 e. The first-order valence-electron chi connectivity index (χ1n) is 7.68. The van der Waals surface area contributed by atoms with Crippen LogP contribution in [0.25, 0.3) is 0 Å². The van der Waals surface area contributed by atoms with Crippen LogP contribution in [0.2, 0.25) is 0 Å². The fourth-order valence-electron chi connectivity index (χ4n) is 2.11. The van der Waals surface area contributed by atoms with Gasteiger partial charge in [0, 0.05) is 13.6 Å². The number of unbranched alkanes of at least 4 members (excludes halogenated alkanes) is 1. The van der Waals surface area contributed by atoms with Crippen LogP contribution in [0.4, 0.5) is 0 Å². The molecular weight excluding hydrogens is 320 g/mol. The average molecular weight is 347 g/mol. The Hall–Kier alpha value is -0.920. The molecule has 1 aromatic rings. The zero-order valence-electron chi connectivity index (χ0n) is 13.5. The second-order valence-corrected chi connectivity index (χ2v) is 8.63. The zero-order valence-corrected chi connectivity index (χ0v) is 15.2. The minimum absolute atomic E-state index is 0.148. The molecule has 7 heteroatoms. The third kappa shape index (κ3) is 5.70. The van der Waals surface area contributed by atoms with Crippen LogP contribution in [0.15, 0.2) is 21.7 Å². The summed E-state index contributed by atoms with van der Waals surface area (Å²) in [6.07, 6.45) is 4.41. The second kappa shape index (κ2) is 9.27. The Balaban J connectivity index is 2.47. The van der Waals surface area contributed by atoms with Gasteiger partial charge in [0.05, 0.1) is 6.54 Å². The van der Waals surface area contributed by atoms with Gasteiger partial charge in [-0.25, -0.2) is 8.42 Å². The van der Waals surface area contributed by atoms with Gasteiger partial charge in [0.15, 0.2) is 0 Å². The average Bonchev–Trinajstić information content (AvgIpc) is 3.02. The van der Waals surface area contributed by atoms with Gasteiger partial charge in [-0.2, -0.15) is 4.31 Å². The summed E-state index contributed by atoms with van der Waals surface area (Å²) in [7, 11) is -2.12. The first kappa shape index (κ1) is 19.1. The second-order valence-electron chi connectivity index (χ2n) is 5.41. The Morgan fingerprint density at radius 2 is 2.14 bits per heavy atom. The van der Waals surface area contributed by atoms with Gasteiger partial charge >= 0.3 is 0 Å². The molecule has 0 aliphatic rings. The lowest BCUT2D eigenvalue weighted by Gasteiger charge is -2.18. The van der Waals surface area contributed by atoms with Gasteiger partial charge in [-0.3, -0.25) is 4.79 Å². The molecule has 0 aromatic carbocycles. The Morgan fingerprint density at radius 1 is 1.41 bits per heavy atom. The van der Waals surface area contributed by atoms with E-state index in [-0.39, 0.29) is 16.7 Å². The molecule has 22 heavy (non-hydrogen) atoms. The highest BCUT2D eigenvalue weighted by atomic mass is 32.2. The molecule has 0 bridgehead atoms. The van der Waals surface area contributed by atoms with Crippen molar-refractivity contribution in [3.63, 3.8) is 0 Å². The van der Waals surface area contributed by atoms with Gasteiger partial charge in [-0.1, -0.05) is 39.2 Å². The Bertz CT molecular complexity index is 541. The quantitative estimate of drug-likeness (QED) is 0.708. The molecule has 1 heterocycles. The summed E-state index contributed by atoms with van der Waals surface area (Å²) in [5.74, 6) is 0.209.